The number of aromatic hydroxyl groups is 1. The summed E-state index contributed by atoms with van der Waals surface area (Å²) in [4.78, 5) is 65.2. The van der Waals surface area contributed by atoms with Crippen LogP contribution in [0.4, 0.5) is 57.9 Å². The number of carbonyl (C=O) groups excluding carboxylic acids is 2. The van der Waals surface area contributed by atoms with Gasteiger partial charge in [-0.2, -0.15) is 36.9 Å². The van der Waals surface area contributed by atoms with Crippen LogP contribution < -0.4 is 35.5 Å². The van der Waals surface area contributed by atoms with Crippen molar-refractivity contribution >= 4 is 80.5 Å². The van der Waals surface area contributed by atoms with E-state index in [1.807, 2.05) is 0 Å². The van der Waals surface area contributed by atoms with E-state index >= 15 is 8.78 Å². The number of halogens is 8. The van der Waals surface area contributed by atoms with Crippen molar-refractivity contribution in [1.82, 2.24) is 18.8 Å². The molecule has 0 spiro atoms. The highest BCUT2D eigenvalue weighted by Gasteiger charge is 2.53. The van der Waals surface area contributed by atoms with Crippen LogP contribution in [0, 0.1) is 34.3 Å². The Morgan fingerprint density at radius 3 is 1.43 bits per heavy atom. The Morgan fingerprint density at radius 1 is 0.645 bits per heavy atom. The van der Waals surface area contributed by atoms with Crippen molar-refractivity contribution in [2.75, 3.05) is 39.9 Å². The zero-order valence-electron chi connectivity index (χ0n) is 40.8. The van der Waals surface area contributed by atoms with Crippen LogP contribution in [-0.4, -0.2) is 77.3 Å². The summed E-state index contributed by atoms with van der Waals surface area (Å²) in [6.45, 7) is 9.37. The van der Waals surface area contributed by atoms with E-state index in [0.29, 0.717) is 12.1 Å². The summed E-state index contributed by atoms with van der Waals surface area (Å²) in [7, 11) is 1.46. The molecule has 2 aliphatic rings. The first-order chi connectivity index (χ1) is 35.5. The maximum absolute atomic E-state index is 15.4. The van der Waals surface area contributed by atoms with E-state index < -0.39 is 86.0 Å². The average molecular weight is 1100 g/mol. The second kappa shape index (κ2) is 20.2. The summed E-state index contributed by atoms with van der Waals surface area (Å²) in [5.41, 5.74) is -9.31. The average Bonchev–Trinajstić information content (AvgIpc) is 3.66. The molecule has 27 heteroatoms. The van der Waals surface area contributed by atoms with Gasteiger partial charge in [0.15, 0.2) is 33.2 Å². The standard InChI is InChI=1S/C26H23F4N5O4S.C23H17F4N5O3S/c1-5-19-20(39-9-8-38-4)22(36)33-13-16(11-18(27)21(33)32-19)35-24(40)34(23(37)25(35,2)3)15-7-6-14(12-31)17(10-15)26(28,29)30;1-4-16-17(33)19(34)30-10-13(8-15(24)18(30)29-16)32-21(36)31(20(35)22(32,2)3)12-6-5-11(9-28)14(7-12)23(25,26)27/h6-7,10-11,13H,5,8-9H2,1-4H3;5-8,10,33H,4H2,1-3H3. The van der Waals surface area contributed by atoms with Gasteiger partial charge in [-0.05, 0) is 101 Å². The summed E-state index contributed by atoms with van der Waals surface area (Å²) in [5.74, 6) is -4.01. The minimum absolute atomic E-state index is 0.00584. The van der Waals surface area contributed by atoms with Gasteiger partial charge < -0.3 is 24.4 Å². The van der Waals surface area contributed by atoms with Crippen LogP contribution in [0.3, 0.4) is 0 Å². The molecule has 0 aliphatic carbocycles. The molecule has 2 aliphatic heterocycles. The SMILES string of the molecule is CCc1nc2c(F)cc(N3C(=S)N(c4ccc(C#N)c(C(F)(F)F)c4)C(=O)C3(C)C)cn2c(=O)c1O.CCc1nc2c(F)cc(N3C(=S)N(c4ccc(C#N)c(C(F)(F)F)c4)C(=O)C3(C)C)cn2c(=O)c1OCCOC. The van der Waals surface area contributed by atoms with Crippen molar-refractivity contribution in [2.45, 2.75) is 77.8 Å². The Balaban J connectivity index is 0.000000222. The highest BCUT2D eigenvalue weighted by Crippen LogP contribution is 2.42. The number of hydrogen-bond donors (Lipinski definition) is 1. The second-order valence-electron chi connectivity index (χ2n) is 17.7. The van der Waals surface area contributed by atoms with Crippen LogP contribution in [0.25, 0.3) is 11.3 Å². The predicted octanol–water partition coefficient (Wildman–Crippen LogP) is 8.14. The van der Waals surface area contributed by atoms with Gasteiger partial charge in [-0.3, -0.25) is 37.8 Å². The van der Waals surface area contributed by atoms with E-state index in [1.54, 1.807) is 13.8 Å². The molecule has 17 nitrogen and oxygen atoms in total. The number of aromatic nitrogens is 4. The Bertz CT molecular complexity index is 3660. The van der Waals surface area contributed by atoms with Crippen molar-refractivity contribution in [3.8, 4) is 23.6 Å². The van der Waals surface area contributed by atoms with E-state index in [-0.39, 0.29) is 87.5 Å². The van der Waals surface area contributed by atoms with E-state index in [9.17, 15) is 50.6 Å². The third-order valence-corrected chi connectivity index (χ3v) is 13.0. The van der Waals surface area contributed by atoms with E-state index in [0.717, 1.165) is 55.1 Å². The highest BCUT2D eigenvalue weighted by atomic mass is 32.1. The molecule has 76 heavy (non-hydrogen) atoms. The van der Waals surface area contributed by atoms with Crippen LogP contribution in [0.5, 0.6) is 11.5 Å². The van der Waals surface area contributed by atoms with Gasteiger partial charge in [-0.1, -0.05) is 13.8 Å². The van der Waals surface area contributed by atoms with E-state index in [1.165, 1.54) is 69.0 Å². The molecule has 2 amide bonds. The molecule has 0 atom stereocenters. The number of alkyl halides is 6. The van der Waals surface area contributed by atoms with E-state index in [4.69, 9.17) is 44.4 Å². The first-order valence-corrected chi connectivity index (χ1v) is 23.2. The lowest BCUT2D eigenvalue weighted by Crippen LogP contribution is -2.44. The zero-order valence-corrected chi connectivity index (χ0v) is 42.4. The van der Waals surface area contributed by atoms with Gasteiger partial charge in [0.1, 0.15) is 17.7 Å². The van der Waals surface area contributed by atoms with Gasteiger partial charge in [-0.15, -0.1) is 0 Å². The Labute approximate surface area is 435 Å². The number of rotatable bonds is 10. The quantitative estimate of drug-likeness (QED) is 0.0782. The van der Waals surface area contributed by atoms with Crippen LogP contribution in [0.2, 0.25) is 0 Å². The van der Waals surface area contributed by atoms with Gasteiger partial charge >= 0.3 is 17.9 Å². The largest absolute Gasteiger partial charge is 0.502 e. The summed E-state index contributed by atoms with van der Waals surface area (Å²) in [5, 5.41) is 27.8. The molecule has 396 valence electrons. The fraction of sp³-hybridized carbons (Fsp3) is 0.306. The van der Waals surface area contributed by atoms with Crippen molar-refractivity contribution in [3.63, 3.8) is 0 Å². The number of fused-ring (bicyclic) bond motifs is 2. The number of nitriles is 2. The third kappa shape index (κ3) is 9.49. The number of methoxy groups -OCH3 is 1. The fourth-order valence-electron chi connectivity index (χ4n) is 8.46. The number of carbonyl (C=O) groups is 2. The van der Waals surface area contributed by atoms with Crippen molar-refractivity contribution < 1.29 is 59.3 Å². The summed E-state index contributed by atoms with van der Waals surface area (Å²) >= 11 is 10.9. The maximum Gasteiger partial charge on any atom is 0.417 e. The van der Waals surface area contributed by atoms with Crippen LogP contribution in [0.1, 0.15) is 75.2 Å². The molecule has 0 bridgehead atoms. The number of aryl methyl sites for hydroxylation is 2. The molecule has 2 aromatic carbocycles. The van der Waals surface area contributed by atoms with Crippen molar-refractivity contribution in [1.29, 1.82) is 10.5 Å². The Hall–Kier alpha value is -8.14. The highest BCUT2D eigenvalue weighted by molar-refractivity contribution is 7.81. The second-order valence-corrected chi connectivity index (χ2v) is 18.5. The number of anilines is 4. The maximum atomic E-state index is 15.4. The number of thiocarbonyl (C=S) groups is 2. The minimum atomic E-state index is -4.87. The fourth-order valence-corrected chi connectivity index (χ4v) is 9.50. The lowest BCUT2D eigenvalue weighted by atomic mass is 10.0. The number of ether oxygens (including phenoxy) is 2. The molecular weight excluding hydrogens is 1060 g/mol. The first-order valence-electron chi connectivity index (χ1n) is 22.4. The molecule has 1 N–H and O–H groups in total. The lowest BCUT2D eigenvalue weighted by molar-refractivity contribution is -0.138. The Kier molecular flexibility index (Phi) is 14.8. The van der Waals surface area contributed by atoms with Gasteiger partial charge in [0.2, 0.25) is 11.5 Å². The van der Waals surface area contributed by atoms with Gasteiger partial charge in [-0.25, -0.2) is 18.7 Å². The Morgan fingerprint density at radius 2 is 1.05 bits per heavy atom. The topological polar surface area (TPSA) is 202 Å². The molecule has 0 radical (unpaired) electrons. The number of benzene rings is 2. The molecule has 4 aromatic heterocycles. The van der Waals surface area contributed by atoms with Crippen molar-refractivity contribution in [2.24, 2.45) is 0 Å². The summed E-state index contributed by atoms with van der Waals surface area (Å²) in [6.07, 6.45) is -6.90. The predicted molar refractivity (Wildman–Crippen MR) is 266 cm³/mol. The molecule has 2 fully saturated rings. The molecule has 0 unspecified atom stereocenters. The van der Waals surface area contributed by atoms with E-state index in [2.05, 4.69) is 9.97 Å². The van der Waals surface area contributed by atoms with Crippen LogP contribution in [0.15, 0.2) is 70.5 Å². The molecule has 2 saturated heterocycles. The molecule has 8 rings (SSSR count). The molecular formula is C49H40F8N10O7S2. The normalized spacial score (nSPS) is 15.4. The monoisotopic (exact) mass is 1100 g/mol. The van der Waals surface area contributed by atoms with Gasteiger partial charge in [0.25, 0.3) is 17.4 Å². The van der Waals surface area contributed by atoms with Crippen LogP contribution >= 0.6 is 24.4 Å². The first kappa shape index (κ1) is 55.6. The summed E-state index contributed by atoms with van der Waals surface area (Å²) < 4.78 is 124. The smallest absolute Gasteiger partial charge is 0.417 e. The number of pyridine rings is 2. The minimum Gasteiger partial charge on any atom is -0.502 e. The zero-order chi connectivity index (χ0) is 56.3. The number of amides is 2. The molecule has 6 heterocycles. The summed E-state index contributed by atoms with van der Waals surface area (Å²) in [6, 6.07) is 10.5. The molecule has 6 aromatic rings. The number of hydrogen-bond acceptors (Lipinski definition) is 13. The molecule has 0 saturated carbocycles. The lowest BCUT2D eigenvalue weighted by Gasteiger charge is -2.29. The third-order valence-electron chi connectivity index (χ3n) is 12.2. The number of nitrogens with zero attached hydrogens (tertiary/aromatic N) is 10. The van der Waals surface area contributed by atoms with Gasteiger partial charge in [0.05, 0.1) is 75.1 Å². The van der Waals surface area contributed by atoms with Gasteiger partial charge in [0, 0.05) is 31.6 Å². The van der Waals surface area contributed by atoms with Crippen LogP contribution in [-0.2, 0) is 39.5 Å². The van der Waals surface area contributed by atoms with Crippen molar-refractivity contribution in [3.05, 3.63) is 127 Å².